The van der Waals surface area contributed by atoms with Crippen LogP contribution in [0.1, 0.15) is 15.9 Å². The van der Waals surface area contributed by atoms with Crippen LogP contribution >= 0.6 is 0 Å². The third-order valence-electron chi connectivity index (χ3n) is 4.69. The third kappa shape index (κ3) is 1.71. The van der Waals surface area contributed by atoms with Gasteiger partial charge in [-0.2, -0.15) is 0 Å². The molecule has 1 aliphatic carbocycles. The highest BCUT2D eigenvalue weighted by atomic mass is 16.1. The monoisotopic (exact) mass is 307 g/mol. The zero-order valence-corrected chi connectivity index (χ0v) is 12.9. The number of benzene rings is 3. The largest absolute Gasteiger partial charge is 0.289 e. The van der Waals surface area contributed by atoms with Crippen molar-refractivity contribution in [2.24, 2.45) is 0 Å². The van der Waals surface area contributed by atoms with Crippen LogP contribution in [0.25, 0.3) is 33.2 Å². The summed E-state index contributed by atoms with van der Waals surface area (Å²) >= 11 is 0. The van der Waals surface area contributed by atoms with Crippen molar-refractivity contribution in [3.63, 3.8) is 0 Å². The fourth-order valence-corrected chi connectivity index (χ4v) is 3.63. The van der Waals surface area contributed by atoms with Gasteiger partial charge in [-0.15, -0.1) is 0 Å². The summed E-state index contributed by atoms with van der Waals surface area (Å²) in [5.74, 6) is 0.108. The summed E-state index contributed by atoms with van der Waals surface area (Å²) in [6.07, 6.45) is 1.81. The summed E-state index contributed by atoms with van der Waals surface area (Å²) in [5.41, 5.74) is 6.61. The van der Waals surface area contributed by atoms with E-state index in [1.54, 1.807) is 0 Å². The number of hydrogen-bond acceptors (Lipinski definition) is 2. The van der Waals surface area contributed by atoms with Crippen molar-refractivity contribution in [3.8, 4) is 22.3 Å². The van der Waals surface area contributed by atoms with E-state index in [0.717, 1.165) is 44.3 Å². The van der Waals surface area contributed by atoms with E-state index in [0.29, 0.717) is 0 Å². The number of rotatable bonds is 1. The molecule has 0 spiro atoms. The number of pyridine rings is 1. The maximum atomic E-state index is 13.0. The summed E-state index contributed by atoms with van der Waals surface area (Å²) < 4.78 is 0. The maximum Gasteiger partial charge on any atom is 0.194 e. The second-order valence-electron chi connectivity index (χ2n) is 5.98. The van der Waals surface area contributed by atoms with Crippen LogP contribution in [-0.4, -0.2) is 10.8 Å². The van der Waals surface area contributed by atoms with E-state index < -0.39 is 0 Å². The van der Waals surface area contributed by atoms with Gasteiger partial charge in [0.1, 0.15) is 0 Å². The molecule has 0 N–H and O–H groups in total. The number of hydrogen-bond donors (Lipinski definition) is 0. The van der Waals surface area contributed by atoms with Gasteiger partial charge in [-0.3, -0.25) is 9.78 Å². The molecule has 0 fully saturated rings. The van der Waals surface area contributed by atoms with Gasteiger partial charge < -0.3 is 0 Å². The highest BCUT2D eigenvalue weighted by Crippen LogP contribution is 2.42. The molecule has 0 saturated carbocycles. The first kappa shape index (κ1) is 13.2. The number of fused-ring (bicyclic) bond motifs is 4. The van der Waals surface area contributed by atoms with Crippen molar-refractivity contribution < 1.29 is 4.79 Å². The van der Waals surface area contributed by atoms with Gasteiger partial charge >= 0.3 is 0 Å². The summed E-state index contributed by atoms with van der Waals surface area (Å²) in [6, 6.07) is 24.0. The van der Waals surface area contributed by atoms with Gasteiger partial charge in [-0.25, -0.2) is 0 Å². The number of carbonyl (C=O) groups excluding carboxylic acids is 1. The lowest BCUT2D eigenvalue weighted by atomic mass is 9.93. The highest BCUT2D eigenvalue weighted by molar-refractivity contribution is 6.25. The van der Waals surface area contributed by atoms with Crippen molar-refractivity contribution in [1.82, 2.24) is 4.98 Å². The van der Waals surface area contributed by atoms with Crippen LogP contribution in [0.5, 0.6) is 0 Å². The summed E-state index contributed by atoms with van der Waals surface area (Å²) in [4.78, 5) is 17.4. The van der Waals surface area contributed by atoms with Crippen LogP contribution in [0.3, 0.4) is 0 Å². The molecule has 5 rings (SSSR count). The number of aromatic nitrogens is 1. The van der Waals surface area contributed by atoms with E-state index >= 15 is 0 Å². The lowest BCUT2D eigenvalue weighted by Gasteiger charge is -2.10. The van der Waals surface area contributed by atoms with Crippen LogP contribution in [0, 0.1) is 0 Å². The lowest BCUT2D eigenvalue weighted by molar-refractivity contribution is 0.104. The Labute approximate surface area is 139 Å². The molecular formula is C22H13NO. The predicted octanol–water partition coefficient (Wildman–Crippen LogP) is 5.11. The van der Waals surface area contributed by atoms with Crippen molar-refractivity contribution in [3.05, 3.63) is 90.1 Å². The van der Waals surface area contributed by atoms with Gasteiger partial charge in [-0.1, -0.05) is 60.7 Å². The fourth-order valence-electron chi connectivity index (χ4n) is 3.63. The molecule has 1 aromatic heterocycles. The predicted molar refractivity (Wildman–Crippen MR) is 96.0 cm³/mol. The van der Waals surface area contributed by atoms with Crippen LogP contribution < -0.4 is 0 Å². The van der Waals surface area contributed by atoms with Gasteiger partial charge in [0.15, 0.2) is 5.78 Å². The highest BCUT2D eigenvalue weighted by Gasteiger charge is 2.29. The summed E-state index contributed by atoms with van der Waals surface area (Å²) in [5, 5.41) is 1.07. The minimum Gasteiger partial charge on any atom is -0.289 e. The molecule has 0 unspecified atom stereocenters. The van der Waals surface area contributed by atoms with E-state index in [9.17, 15) is 4.79 Å². The smallest absolute Gasteiger partial charge is 0.194 e. The van der Waals surface area contributed by atoms with Crippen molar-refractivity contribution >= 4 is 16.7 Å². The minimum absolute atomic E-state index is 0.108. The molecule has 1 aliphatic rings. The standard InChI is InChI=1S/C22H13NO/c24-22-19-8-2-1-6-14(19)17-9-5-10-18(21(17)22)15-12-13-23-20-11-4-3-7-16(15)20/h1-13H. The Bertz CT molecular complexity index is 1120. The normalized spacial score (nSPS) is 12.2. The number of carbonyl (C=O) groups is 1. The molecular weight excluding hydrogens is 294 g/mol. The van der Waals surface area contributed by atoms with Gasteiger partial charge in [0, 0.05) is 22.7 Å². The van der Waals surface area contributed by atoms with Crippen molar-refractivity contribution in [2.75, 3.05) is 0 Å². The summed E-state index contributed by atoms with van der Waals surface area (Å²) in [7, 11) is 0. The Hall–Kier alpha value is -3.26. The number of para-hydroxylation sites is 1. The van der Waals surface area contributed by atoms with Crippen LogP contribution in [0.2, 0.25) is 0 Å². The molecule has 0 amide bonds. The van der Waals surface area contributed by atoms with Gasteiger partial charge in [0.05, 0.1) is 5.52 Å². The molecule has 24 heavy (non-hydrogen) atoms. The lowest BCUT2D eigenvalue weighted by Crippen LogP contribution is -1.98. The van der Waals surface area contributed by atoms with Crippen LogP contribution in [0.15, 0.2) is 79.0 Å². The van der Waals surface area contributed by atoms with E-state index in [4.69, 9.17) is 0 Å². The van der Waals surface area contributed by atoms with Crippen molar-refractivity contribution in [2.45, 2.75) is 0 Å². The molecule has 0 aliphatic heterocycles. The first-order chi connectivity index (χ1) is 11.8. The zero-order valence-electron chi connectivity index (χ0n) is 12.9. The van der Waals surface area contributed by atoms with E-state index in [1.165, 1.54) is 0 Å². The topological polar surface area (TPSA) is 30.0 Å². The number of nitrogens with zero attached hydrogens (tertiary/aromatic N) is 1. The van der Waals surface area contributed by atoms with Crippen LogP contribution in [-0.2, 0) is 0 Å². The number of ketones is 1. The quantitative estimate of drug-likeness (QED) is 0.430. The SMILES string of the molecule is O=C1c2ccccc2-c2cccc(-c3ccnc4ccccc34)c21. The Kier molecular flexibility index (Phi) is 2.68. The molecule has 2 heteroatoms. The maximum absolute atomic E-state index is 13.0. The van der Waals surface area contributed by atoms with E-state index in [1.807, 2.05) is 72.9 Å². The minimum atomic E-state index is 0.108. The molecule has 112 valence electrons. The molecule has 2 nitrogen and oxygen atoms in total. The van der Waals surface area contributed by atoms with E-state index in [-0.39, 0.29) is 5.78 Å². The fraction of sp³-hybridized carbons (Fsp3) is 0. The molecule has 1 heterocycles. The van der Waals surface area contributed by atoms with Crippen molar-refractivity contribution in [1.29, 1.82) is 0 Å². The Morgan fingerprint density at radius 2 is 1.25 bits per heavy atom. The molecule has 0 bridgehead atoms. The summed E-state index contributed by atoms with van der Waals surface area (Å²) in [6.45, 7) is 0. The Morgan fingerprint density at radius 1 is 0.583 bits per heavy atom. The first-order valence-corrected chi connectivity index (χ1v) is 7.96. The average Bonchev–Trinajstić information content (AvgIpc) is 2.95. The molecule has 0 radical (unpaired) electrons. The molecule has 3 aromatic carbocycles. The average molecular weight is 307 g/mol. The van der Waals surface area contributed by atoms with Gasteiger partial charge in [-0.05, 0) is 34.4 Å². The van der Waals surface area contributed by atoms with Gasteiger partial charge in [0.25, 0.3) is 0 Å². The molecule has 0 atom stereocenters. The third-order valence-corrected chi connectivity index (χ3v) is 4.69. The molecule has 0 saturated heterocycles. The van der Waals surface area contributed by atoms with Crippen LogP contribution in [0.4, 0.5) is 0 Å². The second kappa shape index (κ2) is 4.87. The Balaban J connectivity index is 1.85. The second-order valence-corrected chi connectivity index (χ2v) is 5.98. The van der Waals surface area contributed by atoms with Gasteiger partial charge in [0.2, 0.25) is 0 Å². The first-order valence-electron chi connectivity index (χ1n) is 7.96. The Morgan fingerprint density at radius 3 is 2.12 bits per heavy atom. The zero-order chi connectivity index (χ0) is 16.1. The van der Waals surface area contributed by atoms with E-state index in [2.05, 4.69) is 11.1 Å². The molecule has 4 aromatic rings.